The lowest BCUT2D eigenvalue weighted by molar-refractivity contribution is 0.0678. The average molecular weight is 216 g/mol. The van der Waals surface area contributed by atoms with Crippen molar-refractivity contribution < 1.29 is 9.90 Å². The molecule has 82 valence electrons. The van der Waals surface area contributed by atoms with Gasteiger partial charge in [0, 0.05) is 6.04 Å². The van der Waals surface area contributed by atoms with Crippen LogP contribution in [0.2, 0.25) is 0 Å². The third kappa shape index (κ3) is 1.30. The molecule has 0 atom stereocenters. The summed E-state index contributed by atoms with van der Waals surface area (Å²) in [5.74, 6) is -0.774. The van der Waals surface area contributed by atoms with E-state index in [0.717, 1.165) is 29.4 Å². The molecule has 1 N–H and O–H groups in total. The van der Waals surface area contributed by atoms with E-state index in [1.807, 2.05) is 29.7 Å². The fourth-order valence-electron chi connectivity index (χ4n) is 2.06. The van der Waals surface area contributed by atoms with Gasteiger partial charge in [0.2, 0.25) is 5.82 Å². The Morgan fingerprint density at radius 1 is 1.50 bits per heavy atom. The van der Waals surface area contributed by atoms with E-state index in [1.165, 1.54) is 0 Å². The van der Waals surface area contributed by atoms with Crippen LogP contribution in [0, 0.1) is 6.92 Å². The second-order valence-corrected chi connectivity index (χ2v) is 4.33. The minimum Gasteiger partial charge on any atom is -0.475 e. The number of aromatic nitrogens is 2. The zero-order valence-corrected chi connectivity index (χ0v) is 8.97. The molecule has 0 spiro atoms. The van der Waals surface area contributed by atoms with Gasteiger partial charge in [-0.05, 0) is 37.5 Å². The van der Waals surface area contributed by atoms with Gasteiger partial charge in [0.05, 0.1) is 11.0 Å². The number of benzene rings is 1. The number of hydrogen-bond donors (Lipinski definition) is 1. The van der Waals surface area contributed by atoms with Crippen molar-refractivity contribution in [3.63, 3.8) is 0 Å². The summed E-state index contributed by atoms with van der Waals surface area (Å²) in [6, 6.07) is 6.18. The molecule has 1 aromatic heterocycles. The van der Waals surface area contributed by atoms with Crippen LogP contribution < -0.4 is 0 Å². The van der Waals surface area contributed by atoms with Crippen molar-refractivity contribution >= 4 is 17.0 Å². The summed E-state index contributed by atoms with van der Waals surface area (Å²) in [6.45, 7) is 2.00. The van der Waals surface area contributed by atoms with Gasteiger partial charge in [0.1, 0.15) is 0 Å². The number of nitrogens with zero attached hydrogens (tertiary/aromatic N) is 2. The maximum atomic E-state index is 11.1. The summed E-state index contributed by atoms with van der Waals surface area (Å²) in [5.41, 5.74) is 2.85. The quantitative estimate of drug-likeness (QED) is 0.838. The molecule has 3 rings (SSSR count). The number of rotatable bonds is 2. The van der Waals surface area contributed by atoms with Crippen LogP contribution in [0.15, 0.2) is 18.2 Å². The minimum absolute atomic E-state index is 0.170. The molecular weight excluding hydrogens is 204 g/mol. The van der Waals surface area contributed by atoms with Gasteiger partial charge in [-0.1, -0.05) is 6.07 Å². The Bertz CT molecular complexity index is 582. The summed E-state index contributed by atoms with van der Waals surface area (Å²) in [7, 11) is 0. The lowest BCUT2D eigenvalue weighted by Crippen LogP contribution is -2.08. The first-order chi connectivity index (χ1) is 7.66. The predicted octanol–water partition coefficient (Wildman–Crippen LogP) is 2.38. The van der Waals surface area contributed by atoms with Crippen LogP contribution >= 0.6 is 0 Å². The van der Waals surface area contributed by atoms with Gasteiger partial charge in [-0.2, -0.15) is 0 Å². The lowest BCUT2D eigenvalue weighted by Gasteiger charge is -2.04. The van der Waals surface area contributed by atoms with E-state index >= 15 is 0 Å². The Hall–Kier alpha value is -1.84. The Morgan fingerprint density at radius 3 is 2.88 bits per heavy atom. The first kappa shape index (κ1) is 9.39. The van der Waals surface area contributed by atoms with Gasteiger partial charge < -0.3 is 9.67 Å². The molecular formula is C12H12N2O2. The minimum atomic E-state index is -0.944. The van der Waals surface area contributed by atoms with Crippen LogP contribution in [0.5, 0.6) is 0 Å². The van der Waals surface area contributed by atoms with Crippen LogP contribution in [0.3, 0.4) is 0 Å². The normalized spacial score (nSPS) is 15.6. The fourth-order valence-corrected chi connectivity index (χ4v) is 2.06. The molecule has 0 unspecified atom stereocenters. The number of fused-ring (bicyclic) bond motifs is 1. The van der Waals surface area contributed by atoms with Crippen molar-refractivity contribution in [2.45, 2.75) is 25.8 Å². The van der Waals surface area contributed by atoms with Crippen molar-refractivity contribution in [3.8, 4) is 0 Å². The molecule has 0 amide bonds. The van der Waals surface area contributed by atoms with E-state index in [-0.39, 0.29) is 5.82 Å². The number of aryl methyl sites for hydroxylation is 1. The van der Waals surface area contributed by atoms with Crippen molar-refractivity contribution in [1.29, 1.82) is 0 Å². The van der Waals surface area contributed by atoms with Crippen LogP contribution in [-0.2, 0) is 0 Å². The molecule has 1 saturated carbocycles. The van der Waals surface area contributed by atoms with Crippen molar-refractivity contribution in [3.05, 3.63) is 29.6 Å². The zero-order chi connectivity index (χ0) is 11.3. The largest absolute Gasteiger partial charge is 0.475 e. The van der Waals surface area contributed by atoms with Crippen LogP contribution in [0.25, 0.3) is 11.0 Å². The highest BCUT2D eigenvalue weighted by Gasteiger charge is 2.30. The fraction of sp³-hybridized carbons (Fsp3) is 0.333. The average Bonchev–Trinajstić information content (AvgIpc) is 2.99. The molecule has 0 saturated heterocycles. The van der Waals surface area contributed by atoms with Crippen molar-refractivity contribution in [2.24, 2.45) is 0 Å². The van der Waals surface area contributed by atoms with E-state index in [2.05, 4.69) is 4.98 Å². The van der Waals surface area contributed by atoms with Gasteiger partial charge in [0.25, 0.3) is 0 Å². The van der Waals surface area contributed by atoms with Crippen LogP contribution in [-0.4, -0.2) is 20.6 Å². The predicted molar refractivity (Wildman–Crippen MR) is 59.7 cm³/mol. The van der Waals surface area contributed by atoms with E-state index in [0.29, 0.717) is 6.04 Å². The van der Waals surface area contributed by atoms with Gasteiger partial charge in [-0.3, -0.25) is 0 Å². The molecule has 1 heterocycles. The summed E-state index contributed by atoms with van der Waals surface area (Å²) in [6.07, 6.45) is 2.11. The molecule has 2 aromatic rings. The molecule has 1 aromatic carbocycles. The summed E-state index contributed by atoms with van der Waals surface area (Å²) < 4.78 is 1.87. The second kappa shape index (κ2) is 3.07. The Balaban J connectivity index is 2.33. The molecule has 0 bridgehead atoms. The first-order valence-corrected chi connectivity index (χ1v) is 5.38. The number of aromatic carboxylic acids is 1. The molecule has 16 heavy (non-hydrogen) atoms. The SMILES string of the molecule is Cc1ccc2nc(C(=O)O)n(C3CC3)c2c1. The highest BCUT2D eigenvalue weighted by Crippen LogP contribution is 2.38. The summed E-state index contributed by atoms with van der Waals surface area (Å²) in [5, 5.41) is 9.13. The molecule has 1 aliphatic carbocycles. The number of carboxylic acid groups (broad SMARTS) is 1. The maximum absolute atomic E-state index is 11.1. The molecule has 1 aliphatic rings. The Labute approximate surface area is 92.5 Å². The Morgan fingerprint density at radius 2 is 2.25 bits per heavy atom. The molecule has 4 nitrogen and oxygen atoms in total. The highest BCUT2D eigenvalue weighted by molar-refractivity contribution is 5.90. The Kier molecular flexibility index (Phi) is 1.80. The standard InChI is InChI=1S/C12H12N2O2/c1-7-2-5-9-10(6-7)14(8-3-4-8)11(13-9)12(15)16/h2,5-6,8H,3-4H2,1H3,(H,15,16). The molecule has 1 fully saturated rings. The maximum Gasteiger partial charge on any atom is 0.372 e. The molecule has 4 heteroatoms. The lowest BCUT2D eigenvalue weighted by atomic mass is 10.2. The van der Waals surface area contributed by atoms with Crippen molar-refractivity contribution in [1.82, 2.24) is 9.55 Å². The smallest absolute Gasteiger partial charge is 0.372 e. The van der Waals surface area contributed by atoms with Crippen molar-refractivity contribution in [2.75, 3.05) is 0 Å². The topological polar surface area (TPSA) is 55.1 Å². The summed E-state index contributed by atoms with van der Waals surface area (Å²) >= 11 is 0. The second-order valence-electron chi connectivity index (χ2n) is 4.33. The van der Waals surface area contributed by atoms with Gasteiger partial charge >= 0.3 is 5.97 Å². The molecule has 0 radical (unpaired) electrons. The number of imidazole rings is 1. The monoisotopic (exact) mass is 216 g/mol. The van der Waals surface area contributed by atoms with Gasteiger partial charge in [-0.25, -0.2) is 9.78 Å². The number of carbonyl (C=O) groups is 1. The van der Waals surface area contributed by atoms with Crippen LogP contribution in [0.4, 0.5) is 0 Å². The van der Waals surface area contributed by atoms with E-state index in [1.54, 1.807) is 0 Å². The first-order valence-electron chi connectivity index (χ1n) is 5.38. The number of carboxylic acids is 1. The third-order valence-electron chi connectivity index (χ3n) is 2.95. The molecule has 0 aliphatic heterocycles. The van der Waals surface area contributed by atoms with E-state index < -0.39 is 5.97 Å². The zero-order valence-electron chi connectivity index (χ0n) is 8.97. The van der Waals surface area contributed by atoms with E-state index in [4.69, 9.17) is 5.11 Å². The van der Waals surface area contributed by atoms with Gasteiger partial charge in [-0.15, -0.1) is 0 Å². The summed E-state index contributed by atoms with van der Waals surface area (Å²) in [4.78, 5) is 15.3. The van der Waals surface area contributed by atoms with Gasteiger partial charge in [0.15, 0.2) is 0 Å². The third-order valence-corrected chi connectivity index (χ3v) is 2.95. The highest BCUT2D eigenvalue weighted by atomic mass is 16.4. The number of hydrogen-bond acceptors (Lipinski definition) is 2. The van der Waals surface area contributed by atoms with E-state index in [9.17, 15) is 4.79 Å². The van der Waals surface area contributed by atoms with Crippen LogP contribution in [0.1, 0.15) is 35.1 Å².